The summed E-state index contributed by atoms with van der Waals surface area (Å²) in [5.74, 6) is -2.06. The monoisotopic (exact) mass is 367 g/mol. The maximum Gasteiger partial charge on any atom is 0.332 e. The number of esters is 1. The van der Waals surface area contributed by atoms with Gasteiger partial charge in [-0.25, -0.2) is 9.36 Å². The first-order chi connectivity index (χ1) is 12.1. The van der Waals surface area contributed by atoms with E-state index in [1.807, 2.05) is 4.98 Å². The Morgan fingerprint density at radius 3 is 2.73 bits per heavy atom. The quantitative estimate of drug-likeness (QED) is 0.448. The lowest BCUT2D eigenvalue weighted by Crippen LogP contribution is -2.49. The number of aliphatic hydroxyl groups excluding tert-OH is 3. The maximum absolute atomic E-state index is 11.9. The fraction of sp³-hybridized carbons (Fsp3) is 0.467. The molecule has 11 heteroatoms. The Morgan fingerprint density at radius 2 is 2.19 bits per heavy atom. The van der Waals surface area contributed by atoms with Gasteiger partial charge in [0.15, 0.2) is 24.2 Å². The molecule has 4 N–H and O–H groups in total. The summed E-state index contributed by atoms with van der Waals surface area (Å²) in [7, 11) is 0. The fourth-order valence-electron chi connectivity index (χ4n) is 2.13. The van der Waals surface area contributed by atoms with Crippen molar-refractivity contribution >= 4 is 5.97 Å². The van der Waals surface area contributed by atoms with Gasteiger partial charge in [0.25, 0.3) is 5.56 Å². The Bertz CT molecular complexity index is 906. The van der Waals surface area contributed by atoms with Crippen molar-refractivity contribution in [1.29, 1.82) is 5.26 Å². The van der Waals surface area contributed by atoms with E-state index in [-0.39, 0.29) is 0 Å². The smallest absolute Gasteiger partial charge is 0.332 e. The van der Waals surface area contributed by atoms with E-state index in [4.69, 9.17) is 14.6 Å². The number of aliphatic hydroxyl groups is 3. The minimum atomic E-state index is -2.39. The summed E-state index contributed by atoms with van der Waals surface area (Å²) in [6.07, 6.45) is -1.05. The van der Waals surface area contributed by atoms with Crippen molar-refractivity contribution in [1.82, 2.24) is 9.55 Å². The minimum absolute atomic E-state index is 0.445. The number of nitrogens with one attached hydrogen (secondary N) is 1. The van der Waals surface area contributed by atoms with E-state index in [0.29, 0.717) is 4.57 Å². The zero-order valence-electron chi connectivity index (χ0n) is 13.9. The van der Waals surface area contributed by atoms with Gasteiger partial charge in [0.2, 0.25) is 0 Å². The molecule has 1 aromatic rings. The van der Waals surface area contributed by atoms with Crippen molar-refractivity contribution in [2.45, 2.75) is 25.7 Å². The second kappa shape index (κ2) is 6.66. The van der Waals surface area contributed by atoms with Crippen LogP contribution >= 0.6 is 0 Å². The molecule has 0 aromatic carbocycles. The number of carbonyl (C=O) groups excluding carboxylic acids is 1. The van der Waals surface area contributed by atoms with Crippen LogP contribution in [0.1, 0.15) is 13.8 Å². The molecule has 2 heterocycles. The summed E-state index contributed by atoms with van der Waals surface area (Å²) in [5.41, 5.74) is -5.38. The predicted octanol–water partition coefficient (Wildman–Crippen LogP) is -1.56. The van der Waals surface area contributed by atoms with Crippen molar-refractivity contribution in [2.75, 3.05) is 13.2 Å². The third kappa shape index (κ3) is 3.07. The van der Waals surface area contributed by atoms with Gasteiger partial charge in [-0.1, -0.05) is 0 Å². The number of aromatic nitrogens is 2. The van der Waals surface area contributed by atoms with Crippen LogP contribution in [-0.4, -0.2) is 50.2 Å². The Morgan fingerprint density at radius 1 is 1.54 bits per heavy atom. The van der Waals surface area contributed by atoms with Gasteiger partial charge in [-0.15, -0.1) is 0 Å². The molecule has 2 rings (SSSR count). The number of rotatable bonds is 5. The van der Waals surface area contributed by atoms with Gasteiger partial charge in [-0.05, 0) is 13.8 Å². The third-order valence-corrected chi connectivity index (χ3v) is 3.82. The molecule has 0 saturated heterocycles. The number of H-pyrrole nitrogens is 1. The van der Waals surface area contributed by atoms with Gasteiger partial charge in [0, 0.05) is 12.3 Å². The number of ether oxygens (including phenoxy) is 2. The Balaban J connectivity index is 2.31. The largest absolute Gasteiger partial charge is 0.506 e. The van der Waals surface area contributed by atoms with Gasteiger partial charge >= 0.3 is 17.4 Å². The van der Waals surface area contributed by atoms with Gasteiger partial charge in [0.1, 0.15) is 6.07 Å². The predicted molar refractivity (Wildman–Crippen MR) is 83.5 cm³/mol. The van der Waals surface area contributed by atoms with Crippen LogP contribution in [0.3, 0.4) is 0 Å². The SMILES string of the molecule is CC(C)(CO)C(=O)OCC1=C(O)C(O)[C@](C#N)(n2ccc(=O)[nH]c2=O)O1. The molecule has 1 aromatic heterocycles. The Labute approximate surface area is 146 Å². The van der Waals surface area contributed by atoms with Crippen LogP contribution < -0.4 is 11.2 Å². The first kappa shape index (κ1) is 19.2. The highest BCUT2D eigenvalue weighted by Crippen LogP contribution is 2.36. The first-order valence-corrected chi connectivity index (χ1v) is 7.40. The average molecular weight is 367 g/mol. The normalized spacial score (nSPS) is 22.7. The third-order valence-electron chi connectivity index (χ3n) is 3.82. The van der Waals surface area contributed by atoms with Crippen LogP contribution in [0, 0.1) is 16.7 Å². The van der Waals surface area contributed by atoms with Crippen molar-refractivity contribution in [3.63, 3.8) is 0 Å². The molecule has 1 unspecified atom stereocenters. The molecule has 11 nitrogen and oxygen atoms in total. The highest BCUT2D eigenvalue weighted by molar-refractivity contribution is 5.76. The summed E-state index contributed by atoms with van der Waals surface area (Å²) >= 11 is 0. The number of nitrogens with zero attached hydrogens (tertiary/aromatic N) is 2. The summed E-state index contributed by atoms with van der Waals surface area (Å²) in [4.78, 5) is 36.9. The topological polar surface area (TPSA) is 175 Å². The van der Waals surface area contributed by atoms with Gasteiger partial charge in [-0.2, -0.15) is 5.26 Å². The molecule has 140 valence electrons. The molecular formula is C15H17N3O8. The molecule has 1 aliphatic rings. The highest BCUT2D eigenvalue weighted by atomic mass is 16.6. The molecule has 1 aliphatic heterocycles. The van der Waals surface area contributed by atoms with Crippen molar-refractivity contribution < 1.29 is 29.6 Å². The lowest BCUT2D eigenvalue weighted by molar-refractivity contribution is -0.157. The molecule has 26 heavy (non-hydrogen) atoms. The molecular weight excluding hydrogens is 350 g/mol. The summed E-state index contributed by atoms with van der Waals surface area (Å²) in [6, 6.07) is 2.51. The number of carbonyl (C=O) groups is 1. The average Bonchev–Trinajstić information content (AvgIpc) is 2.85. The second-order valence-corrected chi connectivity index (χ2v) is 6.22. The van der Waals surface area contributed by atoms with Crippen molar-refractivity contribution in [2.24, 2.45) is 5.41 Å². The van der Waals surface area contributed by atoms with E-state index in [1.54, 1.807) is 6.07 Å². The number of aromatic amines is 1. The van der Waals surface area contributed by atoms with Crippen molar-refractivity contribution in [3.05, 3.63) is 44.6 Å². The van der Waals surface area contributed by atoms with Crippen molar-refractivity contribution in [3.8, 4) is 6.07 Å². The highest BCUT2D eigenvalue weighted by Gasteiger charge is 2.53. The van der Waals surface area contributed by atoms with E-state index < -0.39 is 59.2 Å². The standard InChI is InChI=1S/C15H17N3O8/c1-14(2,7-19)12(23)25-5-8-10(21)11(22)15(6-16,26-8)18-4-3-9(20)17-13(18)24/h3-4,11,19,21-22H,5,7H2,1-2H3,(H,17,20,24)/t11?,15-/m1/s1. The van der Waals surface area contributed by atoms with Crippen LogP contribution in [0.2, 0.25) is 0 Å². The zero-order chi connectivity index (χ0) is 19.7. The summed E-state index contributed by atoms with van der Waals surface area (Å²) < 4.78 is 10.8. The van der Waals surface area contributed by atoms with E-state index in [9.17, 15) is 29.9 Å². The van der Waals surface area contributed by atoms with E-state index >= 15 is 0 Å². The van der Waals surface area contributed by atoms with Crippen LogP contribution in [0.4, 0.5) is 0 Å². The van der Waals surface area contributed by atoms with Gasteiger partial charge in [0.05, 0.1) is 12.0 Å². The molecule has 0 fully saturated rings. The van der Waals surface area contributed by atoms with E-state index in [2.05, 4.69) is 0 Å². The first-order valence-electron chi connectivity index (χ1n) is 7.40. The lowest BCUT2D eigenvalue weighted by Gasteiger charge is -2.26. The molecule has 0 amide bonds. The molecule has 0 radical (unpaired) electrons. The van der Waals surface area contributed by atoms with E-state index in [0.717, 1.165) is 12.3 Å². The number of nitriles is 1. The molecule has 0 spiro atoms. The zero-order valence-corrected chi connectivity index (χ0v) is 13.9. The number of hydrogen-bond donors (Lipinski definition) is 4. The summed E-state index contributed by atoms with van der Waals surface area (Å²) in [5, 5.41) is 38.8. The molecule has 0 bridgehead atoms. The summed E-state index contributed by atoms with van der Waals surface area (Å²) in [6.45, 7) is 1.71. The molecule has 0 saturated carbocycles. The van der Waals surface area contributed by atoms with E-state index in [1.165, 1.54) is 13.8 Å². The van der Waals surface area contributed by atoms with Crippen LogP contribution in [0.25, 0.3) is 0 Å². The molecule has 0 aliphatic carbocycles. The van der Waals surface area contributed by atoms with Crippen LogP contribution in [-0.2, 0) is 20.0 Å². The molecule has 2 atom stereocenters. The van der Waals surface area contributed by atoms with Crippen LogP contribution in [0.5, 0.6) is 0 Å². The second-order valence-electron chi connectivity index (χ2n) is 6.22. The van der Waals surface area contributed by atoms with Gasteiger partial charge < -0.3 is 24.8 Å². The van der Waals surface area contributed by atoms with Crippen LogP contribution in [0.15, 0.2) is 33.4 Å². The minimum Gasteiger partial charge on any atom is -0.506 e. The van der Waals surface area contributed by atoms with Gasteiger partial charge in [-0.3, -0.25) is 14.6 Å². The lowest BCUT2D eigenvalue weighted by atomic mass is 9.95. The Kier molecular flexibility index (Phi) is 4.93. The number of hydrogen-bond acceptors (Lipinski definition) is 9. The Hall–Kier alpha value is -3.10. The fourth-order valence-corrected chi connectivity index (χ4v) is 2.13. The maximum atomic E-state index is 11.9.